The molecule has 2 aromatic rings. The van der Waals surface area contributed by atoms with Crippen LogP contribution in [0.25, 0.3) is 0 Å². The highest BCUT2D eigenvalue weighted by molar-refractivity contribution is 6.29. The van der Waals surface area contributed by atoms with Gasteiger partial charge in [-0.15, -0.1) is 0 Å². The maximum absolute atomic E-state index is 11.6. The van der Waals surface area contributed by atoms with Gasteiger partial charge in [0.25, 0.3) is 0 Å². The van der Waals surface area contributed by atoms with Crippen LogP contribution in [0.1, 0.15) is 6.42 Å². The Labute approximate surface area is 103 Å². The number of hydrogen-bond donors (Lipinski definition) is 1. The summed E-state index contributed by atoms with van der Waals surface area (Å²) in [4.78, 5) is 15.6. The molecular formula is C11H11ClN4O. The number of hydrogen-bond acceptors (Lipinski definition) is 3. The summed E-state index contributed by atoms with van der Waals surface area (Å²) in [6.45, 7) is 0.541. The second kappa shape index (κ2) is 5.45. The van der Waals surface area contributed by atoms with Crippen LogP contribution < -0.4 is 5.32 Å². The zero-order valence-electron chi connectivity index (χ0n) is 9.01. The number of carbonyl (C=O) groups is 1. The lowest BCUT2D eigenvalue weighted by molar-refractivity contribution is -0.116. The summed E-state index contributed by atoms with van der Waals surface area (Å²) >= 11 is 5.71. The van der Waals surface area contributed by atoms with Crippen molar-refractivity contribution in [2.75, 3.05) is 5.32 Å². The van der Waals surface area contributed by atoms with Gasteiger partial charge < -0.3 is 5.32 Å². The first kappa shape index (κ1) is 11.6. The molecule has 88 valence electrons. The highest BCUT2D eigenvalue weighted by Gasteiger charge is 2.04. The molecular weight excluding hydrogens is 240 g/mol. The number of aryl methyl sites for hydroxylation is 1. The molecule has 2 aromatic heterocycles. The zero-order chi connectivity index (χ0) is 12.1. The van der Waals surface area contributed by atoms with Gasteiger partial charge in [-0.05, 0) is 18.2 Å². The first-order valence-electron chi connectivity index (χ1n) is 5.14. The third kappa shape index (κ3) is 3.57. The summed E-state index contributed by atoms with van der Waals surface area (Å²) in [7, 11) is 0. The monoisotopic (exact) mass is 250 g/mol. The number of carbonyl (C=O) groups excluding carboxylic acids is 1. The molecule has 0 atom stereocenters. The van der Waals surface area contributed by atoms with Crippen LogP contribution in [0.2, 0.25) is 5.15 Å². The van der Waals surface area contributed by atoms with Gasteiger partial charge in [-0.2, -0.15) is 5.10 Å². The maximum Gasteiger partial charge on any atom is 0.227 e. The SMILES string of the molecule is O=C(CCn1cccn1)Nc1cccc(Cl)n1. The van der Waals surface area contributed by atoms with E-state index in [0.29, 0.717) is 23.9 Å². The van der Waals surface area contributed by atoms with Crippen LogP contribution in [0.15, 0.2) is 36.7 Å². The molecule has 17 heavy (non-hydrogen) atoms. The summed E-state index contributed by atoms with van der Waals surface area (Å²) in [6.07, 6.45) is 3.83. The second-order valence-electron chi connectivity index (χ2n) is 3.41. The van der Waals surface area contributed by atoms with Gasteiger partial charge in [-0.3, -0.25) is 9.48 Å². The van der Waals surface area contributed by atoms with Crippen molar-refractivity contribution in [2.45, 2.75) is 13.0 Å². The van der Waals surface area contributed by atoms with E-state index >= 15 is 0 Å². The summed E-state index contributed by atoms with van der Waals surface area (Å²) < 4.78 is 1.70. The van der Waals surface area contributed by atoms with Crippen molar-refractivity contribution in [3.63, 3.8) is 0 Å². The molecule has 0 aliphatic carbocycles. The highest BCUT2D eigenvalue weighted by atomic mass is 35.5. The molecule has 5 nitrogen and oxygen atoms in total. The van der Waals surface area contributed by atoms with Crippen molar-refractivity contribution in [3.05, 3.63) is 41.8 Å². The van der Waals surface area contributed by atoms with Crippen molar-refractivity contribution in [1.82, 2.24) is 14.8 Å². The number of pyridine rings is 1. The molecule has 0 aliphatic rings. The van der Waals surface area contributed by atoms with Crippen LogP contribution in [0.3, 0.4) is 0 Å². The number of nitrogens with one attached hydrogen (secondary N) is 1. The smallest absolute Gasteiger partial charge is 0.227 e. The molecule has 0 spiro atoms. The lowest BCUT2D eigenvalue weighted by Crippen LogP contribution is -2.15. The van der Waals surface area contributed by atoms with Crippen LogP contribution in [-0.4, -0.2) is 20.7 Å². The maximum atomic E-state index is 11.6. The van der Waals surface area contributed by atoms with Crippen molar-refractivity contribution in [2.24, 2.45) is 0 Å². The molecule has 0 aliphatic heterocycles. The molecule has 0 saturated heterocycles. The van der Waals surface area contributed by atoms with Gasteiger partial charge in [-0.25, -0.2) is 4.98 Å². The van der Waals surface area contributed by atoms with Gasteiger partial charge in [0.15, 0.2) is 0 Å². The van der Waals surface area contributed by atoms with Crippen molar-refractivity contribution >= 4 is 23.3 Å². The largest absolute Gasteiger partial charge is 0.311 e. The predicted molar refractivity (Wildman–Crippen MR) is 64.7 cm³/mol. The van der Waals surface area contributed by atoms with Gasteiger partial charge >= 0.3 is 0 Å². The van der Waals surface area contributed by atoms with Crippen LogP contribution in [0, 0.1) is 0 Å². The van der Waals surface area contributed by atoms with Gasteiger partial charge in [-0.1, -0.05) is 17.7 Å². The number of nitrogens with zero attached hydrogens (tertiary/aromatic N) is 3. The topological polar surface area (TPSA) is 59.8 Å². The van der Waals surface area contributed by atoms with Crippen molar-refractivity contribution < 1.29 is 4.79 Å². The van der Waals surface area contributed by atoms with E-state index in [0.717, 1.165) is 0 Å². The van der Waals surface area contributed by atoms with Crippen LogP contribution in [-0.2, 0) is 11.3 Å². The molecule has 0 unspecified atom stereocenters. The second-order valence-corrected chi connectivity index (χ2v) is 3.80. The molecule has 0 radical (unpaired) electrons. The lowest BCUT2D eigenvalue weighted by atomic mass is 10.4. The average Bonchev–Trinajstić information content (AvgIpc) is 2.79. The van der Waals surface area contributed by atoms with Crippen LogP contribution >= 0.6 is 11.6 Å². The Hall–Kier alpha value is -1.88. The van der Waals surface area contributed by atoms with Crippen LogP contribution in [0.4, 0.5) is 5.82 Å². The number of anilines is 1. The fraction of sp³-hybridized carbons (Fsp3) is 0.182. The first-order chi connectivity index (χ1) is 8.24. The van der Waals surface area contributed by atoms with Crippen LogP contribution in [0.5, 0.6) is 0 Å². The van der Waals surface area contributed by atoms with E-state index in [-0.39, 0.29) is 5.91 Å². The van der Waals surface area contributed by atoms with Gasteiger partial charge in [0.2, 0.25) is 5.91 Å². The van der Waals surface area contributed by atoms with Crippen molar-refractivity contribution in [3.8, 4) is 0 Å². The van der Waals surface area contributed by atoms with Gasteiger partial charge in [0, 0.05) is 25.4 Å². The van der Waals surface area contributed by atoms with E-state index in [9.17, 15) is 4.79 Å². The third-order valence-electron chi connectivity index (χ3n) is 2.11. The minimum atomic E-state index is -0.115. The molecule has 0 bridgehead atoms. The van der Waals surface area contributed by atoms with E-state index in [1.165, 1.54) is 0 Å². The lowest BCUT2D eigenvalue weighted by Gasteiger charge is -2.04. The Morgan fingerprint density at radius 3 is 3.00 bits per heavy atom. The Morgan fingerprint density at radius 1 is 1.41 bits per heavy atom. The molecule has 2 heterocycles. The molecule has 0 saturated carbocycles. The summed E-state index contributed by atoms with van der Waals surface area (Å²) in [5, 5.41) is 7.04. The third-order valence-corrected chi connectivity index (χ3v) is 2.32. The minimum absolute atomic E-state index is 0.115. The molecule has 0 aromatic carbocycles. The van der Waals surface area contributed by atoms with E-state index in [1.807, 2.05) is 12.3 Å². The highest BCUT2D eigenvalue weighted by Crippen LogP contribution is 2.09. The number of halogens is 1. The van der Waals surface area contributed by atoms with E-state index < -0.39 is 0 Å². The fourth-order valence-electron chi connectivity index (χ4n) is 1.33. The Bertz CT molecular complexity index is 498. The average molecular weight is 251 g/mol. The molecule has 2 rings (SSSR count). The molecule has 0 fully saturated rings. The number of aromatic nitrogens is 3. The van der Waals surface area contributed by atoms with Gasteiger partial charge in [0.05, 0.1) is 0 Å². The molecule has 1 amide bonds. The standard InChI is InChI=1S/C11H11ClN4O/c12-9-3-1-4-10(14-9)15-11(17)5-8-16-7-2-6-13-16/h1-4,6-7H,5,8H2,(H,14,15,17). The van der Waals surface area contributed by atoms with Crippen molar-refractivity contribution in [1.29, 1.82) is 0 Å². The summed E-state index contributed by atoms with van der Waals surface area (Å²) in [6, 6.07) is 6.90. The molecule has 1 N–H and O–H groups in total. The molecule has 6 heteroatoms. The first-order valence-corrected chi connectivity index (χ1v) is 5.52. The summed E-state index contributed by atoms with van der Waals surface area (Å²) in [5.41, 5.74) is 0. The zero-order valence-corrected chi connectivity index (χ0v) is 9.76. The Kier molecular flexibility index (Phi) is 3.72. The fourth-order valence-corrected chi connectivity index (χ4v) is 1.50. The quantitative estimate of drug-likeness (QED) is 0.844. The minimum Gasteiger partial charge on any atom is -0.311 e. The van der Waals surface area contributed by atoms with Gasteiger partial charge in [0.1, 0.15) is 11.0 Å². The summed E-state index contributed by atoms with van der Waals surface area (Å²) in [5.74, 6) is 0.346. The van der Waals surface area contributed by atoms with E-state index in [1.54, 1.807) is 29.1 Å². The Balaban J connectivity index is 1.85. The normalized spacial score (nSPS) is 10.2. The number of amides is 1. The predicted octanol–water partition coefficient (Wildman–Crippen LogP) is 1.96. The number of rotatable bonds is 4. The van der Waals surface area contributed by atoms with E-state index in [4.69, 9.17) is 11.6 Å². The Morgan fingerprint density at radius 2 is 2.29 bits per heavy atom. The van der Waals surface area contributed by atoms with E-state index in [2.05, 4.69) is 15.4 Å².